The molecule has 0 aliphatic heterocycles. The molecule has 0 heterocycles. The van der Waals surface area contributed by atoms with Crippen molar-refractivity contribution in [3.05, 3.63) is 0 Å². The van der Waals surface area contributed by atoms with E-state index in [0.29, 0.717) is 10.0 Å². The third-order valence-corrected chi connectivity index (χ3v) is 1.88. The minimum absolute atomic E-state index is 0.201. The van der Waals surface area contributed by atoms with Crippen LogP contribution in [0.25, 0.3) is 1.43 Å². The zero-order valence-electron chi connectivity index (χ0n) is 18.0. The van der Waals surface area contributed by atoms with Crippen LogP contribution < -0.4 is 10.0 Å². The predicted molar refractivity (Wildman–Crippen MR) is 72.8 cm³/mol. The summed E-state index contributed by atoms with van der Waals surface area (Å²) in [6.45, 7) is 8.04. The summed E-state index contributed by atoms with van der Waals surface area (Å²) in [5, 5.41) is 4.19. The maximum Gasteiger partial charge on any atom is 0.404 e. The topological polar surface area (TPSA) is 95.5 Å². The molecule has 0 spiro atoms. The van der Waals surface area contributed by atoms with E-state index in [1.807, 2.05) is 27.7 Å². The summed E-state index contributed by atoms with van der Waals surface area (Å²) in [4.78, 5) is 10.4. The zero-order valence-corrected chi connectivity index (χ0v) is 11.8. The van der Waals surface area contributed by atoms with Gasteiger partial charge in [-0.25, -0.2) is 17.9 Å². The first-order valence-electron chi connectivity index (χ1n) is 8.62. The molecule has 0 bridgehead atoms. The van der Waals surface area contributed by atoms with Crippen molar-refractivity contribution in [2.24, 2.45) is 11.8 Å². The standard InChI is InChI=1S/C5H13NO2S.C5H11NO2.2H2/c1-5(2)4-6-9(3,7)8;1-4(2)3-6-5(7)8;;/h5-6H,4H2,1-3H3;4,6H,3H2,1-2H3,(H,7,8);2*1H/i;;2*1+2T/hT3. The average molecular weight is 286 g/mol. The first kappa shape index (κ1) is 10.1. The van der Waals surface area contributed by atoms with Gasteiger partial charge in [-0.05, 0) is 11.8 Å². The second-order valence-electron chi connectivity index (χ2n) is 4.44. The second kappa shape index (κ2) is 9.23. The van der Waals surface area contributed by atoms with Gasteiger partial charge in [0.15, 0.2) is 1.41 Å². The summed E-state index contributed by atoms with van der Waals surface area (Å²) in [5.41, 5.74) is 0. The van der Waals surface area contributed by atoms with Crippen LogP contribution in [0.15, 0.2) is 0 Å². The quantitative estimate of drug-likeness (QED) is 0.715. The highest BCUT2D eigenvalue weighted by atomic mass is 32.2. The van der Waals surface area contributed by atoms with E-state index in [9.17, 15) is 13.2 Å². The van der Waals surface area contributed by atoms with Gasteiger partial charge in [-0.1, -0.05) is 27.7 Å². The van der Waals surface area contributed by atoms with Gasteiger partial charge < -0.3 is 10.4 Å². The fourth-order valence-corrected chi connectivity index (χ4v) is 1.11. The zero-order chi connectivity index (χ0) is 20.5. The minimum atomic E-state index is -3.30. The second-order valence-corrected chi connectivity index (χ2v) is 6.16. The Labute approximate surface area is 114 Å². The molecule has 0 aromatic heterocycles. The lowest BCUT2D eigenvalue weighted by Gasteiger charge is -2.03. The molecule has 0 saturated heterocycles. The van der Waals surface area contributed by atoms with Gasteiger partial charge in [-0.2, -0.15) is 0 Å². The third-order valence-electron chi connectivity index (χ3n) is 1.26. The number of amides is 1. The Balaban J connectivity index is -0.000000138. The van der Waals surface area contributed by atoms with Crippen molar-refractivity contribution in [3.63, 3.8) is 0 Å². The average Bonchev–Trinajstić information content (AvgIpc) is 2.48. The van der Waals surface area contributed by atoms with Crippen molar-refractivity contribution in [2.45, 2.75) is 27.7 Å². The number of hydrogen-bond donors (Lipinski definition) is 3. The van der Waals surface area contributed by atoms with Gasteiger partial charge in [0, 0.05) is 19.0 Å². The van der Waals surface area contributed by atoms with Crippen molar-refractivity contribution in [1.82, 2.24) is 10.0 Å². The van der Waals surface area contributed by atoms with Crippen LogP contribution in [0.2, 0.25) is 2.82 Å². The third kappa shape index (κ3) is 25.4. The molecule has 6 nitrogen and oxygen atoms in total. The van der Waals surface area contributed by atoms with Crippen LogP contribution in [0.5, 0.6) is 0 Å². The Hall–Kier alpha value is -0.820. The smallest absolute Gasteiger partial charge is 0.404 e. The normalized spacial score (nSPS) is 14.5. The van der Waals surface area contributed by atoms with Crippen LogP contribution >= 0.6 is 0 Å². The molecule has 3 N–H and O–H groups in total. The molecule has 108 valence electrons. The fraction of sp³-hybridized carbons (Fsp3) is 0.900. The van der Waals surface area contributed by atoms with Gasteiger partial charge >= 0.3 is 6.09 Å². The molecule has 0 radical (unpaired) electrons. The van der Waals surface area contributed by atoms with Crippen LogP contribution in [-0.2, 0) is 10.0 Å². The number of hydrogen-bond acceptors (Lipinski definition) is 4. The highest BCUT2D eigenvalue weighted by molar-refractivity contribution is 7.88. The molecule has 0 rings (SSSR count). The van der Waals surface area contributed by atoms with E-state index in [2.05, 4.69) is 5.11 Å². The summed E-state index contributed by atoms with van der Waals surface area (Å²) in [5.74, 6) is 0.420. The minimum Gasteiger partial charge on any atom is -0.465 e. The van der Waals surface area contributed by atoms with Crippen LogP contribution in [0, 0.1) is 11.8 Å². The fourth-order valence-electron chi connectivity index (χ4n) is 0.542. The molecule has 0 aliphatic carbocycles. The molecule has 0 atom stereocenters. The molecular weight excluding hydrogens is 244 g/mol. The largest absolute Gasteiger partial charge is 0.465 e. The SMILES string of the molecule is [3H]N(CC(C)C)S(C)(=O)=O.[3H]OC(=O)N([3H])CC(C)C.[3H][3H].[3H][3H]. The molecule has 7 heteroatoms. The van der Waals surface area contributed by atoms with E-state index in [0.717, 1.165) is 6.26 Å². The van der Waals surface area contributed by atoms with E-state index >= 15 is 0 Å². The first-order chi connectivity index (χ1) is 10.9. The lowest BCUT2D eigenvalue weighted by molar-refractivity contribution is 0.193. The van der Waals surface area contributed by atoms with E-state index in [-0.39, 0.29) is 24.9 Å². The molecular formula is C10H28N2O4S. The van der Waals surface area contributed by atoms with Gasteiger partial charge in [0.25, 0.3) is 1.43 Å². The molecule has 0 saturated carbocycles. The molecule has 0 unspecified atom stereocenters. The first-order valence-corrected chi connectivity index (χ1v) is 7.16. The number of carboxylic acid groups (broad SMARTS) is 1. The summed E-state index contributed by atoms with van der Waals surface area (Å²) in [6.07, 6.45) is 0.0938. The van der Waals surface area contributed by atoms with Gasteiger partial charge in [-0.3, -0.25) is 0 Å². The lowest BCUT2D eigenvalue weighted by atomic mass is 10.2. The number of rotatable bonds is 5. The van der Waals surface area contributed by atoms with Crippen LogP contribution in [0.3, 0.4) is 0 Å². The van der Waals surface area contributed by atoms with Crippen molar-refractivity contribution in [1.29, 1.82) is 1.43 Å². The lowest BCUT2D eigenvalue weighted by Crippen LogP contribution is -2.25. The Morgan fingerprint density at radius 3 is 2.12 bits per heavy atom. The van der Waals surface area contributed by atoms with Gasteiger partial charge in [-0.15, -0.1) is 0 Å². The Morgan fingerprint density at radius 1 is 1.41 bits per heavy atom. The maximum absolute atomic E-state index is 10.6. The number of sulfonamides is 1. The van der Waals surface area contributed by atoms with E-state index in [4.69, 9.17) is 10.2 Å². The van der Waals surface area contributed by atoms with E-state index < -0.39 is 16.1 Å². The summed E-state index contributed by atoms with van der Waals surface area (Å²) in [7, 11) is -3.30. The van der Waals surface area contributed by atoms with Crippen molar-refractivity contribution < 1.29 is 27.1 Å². The monoisotopic (exact) mass is 286 g/mol. The Kier molecular flexibility index (Phi) is 5.51. The van der Waals surface area contributed by atoms with Crippen molar-refractivity contribution in [3.8, 4) is 0 Å². The Bertz CT molecular complexity index is 385. The van der Waals surface area contributed by atoms with E-state index in [1.54, 1.807) is 0 Å². The number of carbonyl (C=O) groups is 1. The highest BCUT2D eigenvalue weighted by Crippen LogP contribution is 1.87. The van der Waals surface area contributed by atoms with Gasteiger partial charge in [0.2, 0.25) is 10.0 Å². The molecule has 0 aliphatic rings. The van der Waals surface area contributed by atoms with E-state index in [1.165, 1.54) is 0 Å². The van der Waals surface area contributed by atoms with Crippen LogP contribution in [0.4, 0.5) is 4.79 Å². The van der Waals surface area contributed by atoms with Crippen molar-refractivity contribution >= 4 is 16.1 Å². The maximum atomic E-state index is 10.6. The van der Waals surface area contributed by atoms with Gasteiger partial charge in [0.1, 0.15) is 1.41 Å². The van der Waals surface area contributed by atoms with Crippen LogP contribution in [0.1, 0.15) is 33.6 Å². The summed E-state index contributed by atoms with van der Waals surface area (Å²) in [6, 6.07) is 0. The molecule has 1 amide bonds. The summed E-state index contributed by atoms with van der Waals surface area (Å²) < 4.78 is 61.9. The van der Waals surface area contributed by atoms with Crippen LogP contribution in [-0.4, -0.2) is 39.0 Å². The number of nitrogens with one attached hydrogen (secondary N) is 2. The van der Waals surface area contributed by atoms with Crippen molar-refractivity contribution in [2.75, 3.05) is 19.3 Å². The molecule has 0 fully saturated rings. The predicted octanol–water partition coefficient (Wildman–Crippen LogP) is 1.59. The molecule has 17 heavy (non-hydrogen) atoms. The Morgan fingerprint density at radius 2 is 1.88 bits per heavy atom. The summed E-state index contributed by atoms with van der Waals surface area (Å²) >= 11 is 0. The molecule has 0 aromatic rings. The highest BCUT2D eigenvalue weighted by Gasteiger charge is 2.00. The molecule has 0 aromatic carbocycles. The van der Waals surface area contributed by atoms with Gasteiger partial charge in [0.05, 0.1) is 6.26 Å².